The predicted octanol–water partition coefficient (Wildman–Crippen LogP) is 5.56. The van der Waals surface area contributed by atoms with E-state index in [0.717, 1.165) is 33.2 Å². The van der Waals surface area contributed by atoms with E-state index in [-0.39, 0.29) is 23.4 Å². The van der Waals surface area contributed by atoms with Gasteiger partial charge in [0.05, 0.1) is 12.2 Å². The van der Waals surface area contributed by atoms with E-state index in [1.165, 1.54) is 0 Å². The topological polar surface area (TPSA) is 113 Å². The normalized spacial score (nSPS) is 15.8. The minimum atomic E-state index is -0.849. The maximum absolute atomic E-state index is 14.0. The van der Waals surface area contributed by atoms with Gasteiger partial charge in [0.15, 0.2) is 0 Å². The summed E-state index contributed by atoms with van der Waals surface area (Å²) in [6.07, 6.45) is 4.72. The van der Waals surface area contributed by atoms with Crippen LogP contribution >= 0.6 is 15.9 Å². The molecule has 2 amide bonds. The first-order valence-electron chi connectivity index (χ1n) is 15.4. The highest BCUT2D eigenvalue weighted by atomic mass is 79.9. The lowest BCUT2D eigenvalue weighted by molar-refractivity contribution is 0.0689. The Balaban J connectivity index is 0.963. The summed E-state index contributed by atoms with van der Waals surface area (Å²) < 4.78 is 30.6. The van der Waals surface area contributed by atoms with Crippen molar-refractivity contribution >= 4 is 50.0 Å². The molecule has 2 aliphatic rings. The first-order valence-corrected chi connectivity index (χ1v) is 16.2. The summed E-state index contributed by atoms with van der Waals surface area (Å²) in [6, 6.07) is 17.2. The Labute approximate surface area is 277 Å². The van der Waals surface area contributed by atoms with Crippen molar-refractivity contribution in [2.24, 2.45) is 0 Å². The summed E-state index contributed by atoms with van der Waals surface area (Å²) in [4.78, 5) is 37.4. The molecule has 2 fully saturated rings. The molecule has 3 aromatic carbocycles. The number of rotatable bonds is 5. The molecular formula is C34H31BrF2N8O2. The van der Waals surface area contributed by atoms with Crippen LogP contribution < -0.4 is 10.6 Å². The zero-order valence-electron chi connectivity index (χ0n) is 25.3. The Morgan fingerprint density at radius 1 is 0.809 bits per heavy atom. The molecular weight excluding hydrogens is 670 g/mol. The maximum atomic E-state index is 14.0. The van der Waals surface area contributed by atoms with Gasteiger partial charge in [-0.3, -0.25) is 9.59 Å². The van der Waals surface area contributed by atoms with Crippen molar-refractivity contribution in [1.82, 2.24) is 29.8 Å². The van der Waals surface area contributed by atoms with Gasteiger partial charge in [0, 0.05) is 77.4 Å². The predicted molar refractivity (Wildman–Crippen MR) is 178 cm³/mol. The molecule has 2 saturated heterocycles. The van der Waals surface area contributed by atoms with E-state index in [4.69, 9.17) is 5.73 Å². The Kier molecular flexibility index (Phi) is 8.31. The largest absolute Gasteiger partial charge is 0.394 e. The van der Waals surface area contributed by atoms with Crippen LogP contribution in [0.3, 0.4) is 0 Å². The van der Waals surface area contributed by atoms with Gasteiger partial charge in [-0.15, -0.1) is 5.10 Å². The molecule has 47 heavy (non-hydrogen) atoms. The van der Waals surface area contributed by atoms with Crippen LogP contribution in [0.4, 0.5) is 20.3 Å². The van der Waals surface area contributed by atoms with Crippen molar-refractivity contribution in [2.45, 2.75) is 18.9 Å². The van der Waals surface area contributed by atoms with Crippen molar-refractivity contribution in [3.05, 3.63) is 100 Å². The molecule has 0 unspecified atom stereocenters. The molecule has 0 aliphatic carbocycles. The number of anilines is 2. The molecule has 4 heterocycles. The number of carbonyl (C=O) groups is 2. The molecule has 240 valence electrons. The first-order chi connectivity index (χ1) is 22.8. The molecule has 13 heteroatoms. The van der Waals surface area contributed by atoms with Gasteiger partial charge in [0.25, 0.3) is 11.8 Å². The van der Waals surface area contributed by atoms with E-state index in [1.807, 2.05) is 29.3 Å². The second-order valence-corrected chi connectivity index (χ2v) is 12.6. The molecule has 0 spiro atoms. The summed E-state index contributed by atoms with van der Waals surface area (Å²) in [5.41, 5.74) is 6.38. The van der Waals surface area contributed by atoms with Crippen LogP contribution in [-0.2, 0) is 0 Å². The molecule has 2 aromatic heterocycles. The summed E-state index contributed by atoms with van der Waals surface area (Å²) in [7, 11) is 0. The number of aromatic nitrogens is 4. The Hall–Kier alpha value is -4.91. The number of benzene rings is 3. The number of piperidine rings is 1. The monoisotopic (exact) mass is 700 g/mol. The van der Waals surface area contributed by atoms with Crippen LogP contribution in [0.2, 0.25) is 0 Å². The smallest absolute Gasteiger partial charge is 0.253 e. The van der Waals surface area contributed by atoms with Crippen molar-refractivity contribution in [3.63, 3.8) is 0 Å². The number of amides is 2. The van der Waals surface area contributed by atoms with E-state index in [2.05, 4.69) is 42.2 Å². The average molecular weight is 702 g/mol. The highest BCUT2D eigenvalue weighted by Gasteiger charge is 2.28. The van der Waals surface area contributed by atoms with E-state index in [0.29, 0.717) is 68.9 Å². The second kappa shape index (κ2) is 12.7. The number of nitrogens with zero attached hydrogens (tertiary/aromatic N) is 7. The number of likely N-dealkylation sites (tertiary alicyclic amines) is 1. The summed E-state index contributed by atoms with van der Waals surface area (Å²) in [5.74, 6) is -1.03. The van der Waals surface area contributed by atoms with Crippen molar-refractivity contribution in [2.75, 3.05) is 49.9 Å². The molecule has 0 atom stereocenters. The molecule has 0 radical (unpaired) electrons. The minimum Gasteiger partial charge on any atom is -0.394 e. The van der Waals surface area contributed by atoms with Crippen LogP contribution in [-0.4, -0.2) is 80.9 Å². The van der Waals surface area contributed by atoms with Crippen LogP contribution in [0.5, 0.6) is 0 Å². The third-order valence-electron chi connectivity index (χ3n) is 8.97. The van der Waals surface area contributed by atoms with Gasteiger partial charge in [0.2, 0.25) is 0 Å². The van der Waals surface area contributed by atoms with Gasteiger partial charge in [-0.05, 0) is 55.3 Å². The first kappa shape index (κ1) is 30.7. The third-order valence-corrected chi connectivity index (χ3v) is 9.66. The Morgan fingerprint density at radius 3 is 2.13 bits per heavy atom. The Morgan fingerprint density at radius 2 is 1.45 bits per heavy atom. The number of carbonyl (C=O) groups excluding carboxylic acids is 2. The summed E-state index contributed by atoms with van der Waals surface area (Å²) in [6.45, 7) is 3.37. The molecule has 10 nitrogen and oxygen atoms in total. The molecule has 7 rings (SSSR count). The van der Waals surface area contributed by atoms with Gasteiger partial charge >= 0.3 is 0 Å². The average Bonchev–Trinajstić information content (AvgIpc) is 3.61. The van der Waals surface area contributed by atoms with Crippen LogP contribution in [0.15, 0.2) is 77.5 Å². The molecule has 0 bridgehead atoms. The number of piperazine rings is 1. The summed E-state index contributed by atoms with van der Waals surface area (Å²) >= 11 is 3.62. The highest BCUT2D eigenvalue weighted by molar-refractivity contribution is 9.10. The summed E-state index contributed by atoms with van der Waals surface area (Å²) in [5, 5.41) is 10.4. The van der Waals surface area contributed by atoms with Gasteiger partial charge in [0.1, 0.15) is 28.8 Å². The standard InChI is InChI=1S/C34H31BrF2N8O2/c35-27-6-2-5-26-25(27)7-10-39-32(26)42-13-15-44(16-14-42)34(47)22-4-1-3-21(17-22)33(46)43-11-8-24(9-12-43)45-20-30(40-41-45)23-18-28(36)31(38)29(37)19-23/h1-7,10,17-20,24H,8-9,11-16,38H2. The third kappa shape index (κ3) is 6.02. The van der Waals surface area contributed by atoms with E-state index in [9.17, 15) is 18.4 Å². The van der Waals surface area contributed by atoms with E-state index >= 15 is 0 Å². The number of fused-ring (bicyclic) bond motifs is 1. The van der Waals surface area contributed by atoms with E-state index < -0.39 is 17.3 Å². The number of nitrogen functional groups attached to an aromatic ring is 1. The lowest BCUT2D eigenvalue weighted by atomic mass is 10.0. The fourth-order valence-corrected chi connectivity index (χ4v) is 6.83. The fraction of sp³-hybridized carbons (Fsp3) is 0.265. The number of hydrogen-bond acceptors (Lipinski definition) is 7. The Bertz CT molecular complexity index is 1960. The highest BCUT2D eigenvalue weighted by Crippen LogP contribution is 2.31. The van der Waals surface area contributed by atoms with Crippen LogP contribution in [0.25, 0.3) is 22.0 Å². The number of pyridine rings is 1. The molecule has 5 aromatic rings. The second-order valence-electron chi connectivity index (χ2n) is 11.8. The van der Waals surface area contributed by atoms with Crippen molar-refractivity contribution < 1.29 is 18.4 Å². The quantitative estimate of drug-likeness (QED) is 0.239. The number of nitrogens with two attached hydrogens (primary N) is 1. The number of hydrogen-bond donors (Lipinski definition) is 1. The SMILES string of the molecule is Nc1c(F)cc(-c2cn(C3CCN(C(=O)c4cccc(C(=O)N5CCN(c6nccc7c(Br)cccc67)CC5)c4)CC3)nn2)cc1F. The van der Waals surface area contributed by atoms with Gasteiger partial charge in [-0.2, -0.15) is 0 Å². The fourth-order valence-electron chi connectivity index (χ4n) is 6.33. The zero-order chi connectivity index (χ0) is 32.7. The molecule has 0 saturated carbocycles. The number of halogens is 3. The lowest BCUT2D eigenvalue weighted by Crippen LogP contribution is -2.49. The van der Waals surface area contributed by atoms with Gasteiger partial charge in [-0.25, -0.2) is 18.4 Å². The van der Waals surface area contributed by atoms with Crippen LogP contribution in [0.1, 0.15) is 39.6 Å². The van der Waals surface area contributed by atoms with Crippen molar-refractivity contribution in [1.29, 1.82) is 0 Å². The van der Waals surface area contributed by atoms with Gasteiger partial charge in [-0.1, -0.05) is 39.3 Å². The zero-order valence-corrected chi connectivity index (χ0v) is 26.9. The van der Waals surface area contributed by atoms with Crippen LogP contribution in [0, 0.1) is 11.6 Å². The molecule has 2 N–H and O–H groups in total. The van der Waals surface area contributed by atoms with Crippen molar-refractivity contribution in [3.8, 4) is 11.3 Å². The van der Waals surface area contributed by atoms with E-state index in [1.54, 1.807) is 40.0 Å². The maximum Gasteiger partial charge on any atom is 0.253 e. The lowest BCUT2D eigenvalue weighted by Gasteiger charge is -2.36. The molecule has 2 aliphatic heterocycles. The van der Waals surface area contributed by atoms with Gasteiger partial charge < -0.3 is 20.4 Å². The minimum absolute atomic E-state index is 0.0269.